The third-order valence-corrected chi connectivity index (χ3v) is 5.78. The van der Waals surface area contributed by atoms with Crippen molar-refractivity contribution in [1.29, 1.82) is 0 Å². The fourth-order valence-electron chi connectivity index (χ4n) is 2.54. The van der Waals surface area contributed by atoms with Gasteiger partial charge in [-0.15, -0.1) is 11.8 Å². The Hall–Kier alpha value is -2.05. The molecule has 4 nitrogen and oxygen atoms in total. The molecule has 3 rings (SSSR count). The molecule has 1 aromatic carbocycles. The van der Waals surface area contributed by atoms with Crippen LogP contribution < -0.4 is 4.90 Å². The molecule has 0 saturated heterocycles. The summed E-state index contributed by atoms with van der Waals surface area (Å²) < 4.78 is 5.12. The topological polar surface area (TPSA) is 46.6 Å². The second-order valence-electron chi connectivity index (χ2n) is 5.73. The Morgan fingerprint density at radius 3 is 2.96 bits per heavy atom. The maximum atomic E-state index is 12.6. The van der Waals surface area contributed by atoms with Gasteiger partial charge in [-0.1, -0.05) is 19.1 Å². The molecule has 1 aliphatic heterocycles. The van der Waals surface area contributed by atoms with E-state index in [0.29, 0.717) is 11.8 Å². The lowest BCUT2D eigenvalue weighted by molar-refractivity contribution is -0.142. The van der Waals surface area contributed by atoms with Crippen molar-refractivity contribution in [1.82, 2.24) is 0 Å². The van der Waals surface area contributed by atoms with E-state index in [1.165, 1.54) is 6.08 Å². The maximum Gasteiger partial charge on any atom is 0.331 e. The minimum atomic E-state index is -0.509. The van der Waals surface area contributed by atoms with Crippen LogP contribution in [0.3, 0.4) is 0 Å². The number of nitrogens with zero attached hydrogens (tertiary/aromatic N) is 1. The summed E-state index contributed by atoms with van der Waals surface area (Å²) in [6, 6.07) is 9.77. The van der Waals surface area contributed by atoms with Crippen LogP contribution in [0.2, 0.25) is 0 Å². The molecule has 0 bridgehead atoms. The highest BCUT2D eigenvalue weighted by atomic mass is 32.2. The summed E-state index contributed by atoms with van der Waals surface area (Å²) >= 11 is 3.33. The Morgan fingerprint density at radius 1 is 1.32 bits per heavy atom. The smallest absolute Gasteiger partial charge is 0.331 e. The third kappa shape index (κ3) is 4.74. The number of benzene rings is 1. The molecule has 0 spiro atoms. The van der Waals surface area contributed by atoms with Crippen LogP contribution in [0.25, 0.3) is 6.08 Å². The summed E-state index contributed by atoms with van der Waals surface area (Å²) in [5.74, 6) is -0.704. The number of fused-ring (bicyclic) bond motifs is 1. The van der Waals surface area contributed by atoms with Gasteiger partial charge in [-0.3, -0.25) is 4.79 Å². The lowest BCUT2D eigenvalue weighted by atomic mass is 10.2. The van der Waals surface area contributed by atoms with Crippen LogP contribution in [0.4, 0.5) is 5.69 Å². The normalized spacial score (nSPS) is 17.2. The van der Waals surface area contributed by atoms with Crippen molar-refractivity contribution in [2.45, 2.75) is 23.5 Å². The van der Waals surface area contributed by atoms with Gasteiger partial charge in [0.15, 0.2) is 6.61 Å². The molecule has 2 heterocycles. The predicted molar refractivity (Wildman–Crippen MR) is 103 cm³/mol. The average Bonchev–Trinajstić information content (AvgIpc) is 3.07. The Bertz CT molecular complexity index is 771. The van der Waals surface area contributed by atoms with Crippen molar-refractivity contribution in [3.63, 3.8) is 0 Å². The maximum absolute atomic E-state index is 12.6. The molecule has 0 N–H and O–H groups in total. The van der Waals surface area contributed by atoms with E-state index in [9.17, 15) is 9.59 Å². The fraction of sp³-hybridized carbons (Fsp3) is 0.263. The largest absolute Gasteiger partial charge is 0.452 e. The fourth-order valence-corrected chi connectivity index (χ4v) is 4.28. The van der Waals surface area contributed by atoms with E-state index < -0.39 is 5.97 Å². The molecule has 1 amide bonds. The highest BCUT2D eigenvalue weighted by Crippen LogP contribution is 2.37. The number of hydrogen-bond donors (Lipinski definition) is 0. The zero-order valence-electron chi connectivity index (χ0n) is 13.9. The van der Waals surface area contributed by atoms with Gasteiger partial charge in [-0.05, 0) is 47.0 Å². The minimum absolute atomic E-state index is 0.195. The Balaban J connectivity index is 1.62. The number of carbonyl (C=O) groups is 2. The third-order valence-electron chi connectivity index (χ3n) is 3.84. The number of thioether (sulfide) groups is 1. The van der Waals surface area contributed by atoms with Gasteiger partial charge in [-0.2, -0.15) is 11.3 Å². The van der Waals surface area contributed by atoms with Crippen LogP contribution in [-0.4, -0.2) is 30.3 Å². The molecule has 1 aromatic heterocycles. The lowest BCUT2D eigenvalue weighted by Gasteiger charge is -2.22. The molecule has 0 unspecified atom stereocenters. The number of hydrogen-bond acceptors (Lipinski definition) is 5. The van der Waals surface area contributed by atoms with Crippen LogP contribution in [0, 0.1) is 0 Å². The summed E-state index contributed by atoms with van der Waals surface area (Å²) in [5, 5.41) is 4.31. The quantitative estimate of drug-likeness (QED) is 0.595. The monoisotopic (exact) mass is 373 g/mol. The van der Waals surface area contributed by atoms with E-state index in [-0.39, 0.29) is 12.5 Å². The van der Waals surface area contributed by atoms with Crippen molar-refractivity contribution in [3.8, 4) is 0 Å². The average molecular weight is 373 g/mol. The van der Waals surface area contributed by atoms with Gasteiger partial charge in [-0.25, -0.2) is 4.79 Å². The van der Waals surface area contributed by atoms with Gasteiger partial charge in [0, 0.05) is 22.8 Å². The van der Waals surface area contributed by atoms with E-state index in [1.54, 1.807) is 34.1 Å². The number of rotatable bonds is 4. The number of anilines is 1. The molecule has 25 heavy (non-hydrogen) atoms. The first-order chi connectivity index (χ1) is 12.1. The molecule has 1 aliphatic rings. The van der Waals surface area contributed by atoms with Crippen LogP contribution in [0.5, 0.6) is 0 Å². The minimum Gasteiger partial charge on any atom is -0.452 e. The van der Waals surface area contributed by atoms with E-state index in [1.807, 2.05) is 41.1 Å². The first-order valence-electron chi connectivity index (χ1n) is 8.06. The molecule has 0 fully saturated rings. The highest BCUT2D eigenvalue weighted by Gasteiger charge is 2.24. The Morgan fingerprint density at radius 2 is 2.16 bits per heavy atom. The second-order valence-corrected chi connectivity index (χ2v) is 7.99. The highest BCUT2D eigenvalue weighted by molar-refractivity contribution is 8.00. The Labute approximate surface area is 155 Å². The zero-order valence-corrected chi connectivity index (χ0v) is 15.5. The SMILES string of the molecule is C[C@H]1CCN(C(=O)COC(=O)/C=C/c2ccsc2)c2ccccc2S1. The van der Waals surface area contributed by atoms with Crippen LogP contribution in [-0.2, 0) is 14.3 Å². The number of ether oxygens (including phenoxy) is 1. The summed E-state index contributed by atoms with van der Waals surface area (Å²) in [6.07, 6.45) is 3.93. The molecular formula is C19H19NO3S2. The number of para-hydroxylation sites is 1. The number of carbonyl (C=O) groups excluding carboxylic acids is 2. The van der Waals surface area contributed by atoms with Crippen molar-refractivity contribution < 1.29 is 14.3 Å². The number of amides is 1. The molecule has 2 aromatic rings. The van der Waals surface area contributed by atoms with Crippen LogP contribution >= 0.6 is 23.1 Å². The molecule has 0 aliphatic carbocycles. The van der Waals surface area contributed by atoms with Gasteiger partial charge >= 0.3 is 5.97 Å². The van der Waals surface area contributed by atoms with Crippen molar-refractivity contribution in [3.05, 3.63) is 52.7 Å². The first-order valence-corrected chi connectivity index (χ1v) is 9.89. The van der Waals surface area contributed by atoms with E-state index in [2.05, 4.69) is 6.92 Å². The van der Waals surface area contributed by atoms with Gasteiger partial charge in [0.1, 0.15) is 0 Å². The standard InChI is InChI=1S/C19H19NO3S2/c1-14-8-10-20(16-4-2-3-5-17(16)25-14)18(21)12-23-19(22)7-6-15-9-11-24-13-15/h2-7,9,11,13-14H,8,10,12H2,1H3/b7-6+/t14-/m0/s1. The number of esters is 1. The molecule has 1 atom stereocenters. The van der Waals surface area contributed by atoms with Gasteiger partial charge in [0.2, 0.25) is 0 Å². The summed E-state index contributed by atoms with van der Waals surface area (Å²) in [6.45, 7) is 2.54. The van der Waals surface area contributed by atoms with E-state index in [4.69, 9.17) is 4.74 Å². The summed E-state index contributed by atoms with van der Waals surface area (Å²) in [5.41, 5.74) is 1.84. The molecular weight excluding hydrogens is 354 g/mol. The molecule has 0 radical (unpaired) electrons. The molecule has 130 valence electrons. The van der Waals surface area contributed by atoms with Crippen molar-refractivity contribution in [2.75, 3.05) is 18.1 Å². The predicted octanol–water partition coefficient (Wildman–Crippen LogP) is 4.22. The second kappa shape index (κ2) is 8.36. The van der Waals surface area contributed by atoms with Gasteiger partial charge in [0.05, 0.1) is 5.69 Å². The van der Waals surface area contributed by atoms with E-state index >= 15 is 0 Å². The summed E-state index contributed by atoms with van der Waals surface area (Å²) in [4.78, 5) is 27.2. The first kappa shape index (κ1) is 17.8. The van der Waals surface area contributed by atoms with Gasteiger partial charge in [0.25, 0.3) is 5.91 Å². The van der Waals surface area contributed by atoms with Crippen LogP contribution in [0.15, 0.2) is 52.1 Å². The van der Waals surface area contributed by atoms with Crippen molar-refractivity contribution in [2.24, 2.45) is 0 Å². The number of thiophene rings is 1. The van der Waals surface area contributed by atoms with Crippen molar-refractivity contribution >= 4 is 46.7 Å². The zero-order chi connectivity index (χ0) is 17.6. The van der Waals surface area contributed by atoms with E-state index in [0.717, 1.165) is 22.6 Å². The van der Waals surface area contributed by atoms with Crippen LogP contribution in [0.1, 0.15) is 18.9 Å². The Kier molecular flexibility index (Phi) is 5.94. The molecule has 6 heteroatoms. The van der Waals surface area contributed by atoms with Gasteiger partial charge < -0.3 is 9.64 Å². The summed E-state index contributed by atoms with van der Waals surface area (Å²) in [7, 11) is 0. The lowest BCUT2D eigenvalue weighted by Crippen LogP contribution is -2.35. The molecule has 0 saturated carbocycles.